The Morgan fingerprint density at radius 1 is 0.962 bits per heavy atom. The van der Waals surface area contributed by atoms with Gasteiger partial charge in [0.2, 0.25) is 5.89 Å². The molecule has 0 saturated heterocycles. The molecule has 0 atom stereocenters. The topological polar surface area (TPSA) is 29.3 Å². The molecule has 1 aromatic heterocycles. The Hall–Kier alpha value is -2.78. The standard InChI is InChI=1S/C22H19ClN2O/c1-2-25(21-13-7-9-16-8-3-4-10-18(16)21)14-17-15-26-22(24-17)19-11-5-6-12-20(19)23/h3-13,15H,2,14H2,1H3. The Morgan fingerprint density at radius 3 is 2.58 bits per heavy atom. The predicted octanol–water partition coefficient (Wildman–Crippen LogP) is 6.17. The summed E-state index contributed by atoms with van der Waals surface area (Å²) in [5.74, 6) is 0.555. The molecule has 4 aromatic rings. The van der Waals surface area contributed by atoms with Gasteiger partial charge in [-0.1, -0.05) is 60.1 Å². The number of nitrogens with zero attached hydrogens (tertiary/aromatic N) is 2. The zero-order valence-corrected chi connectivity index (χ0v) is 15.3. The smallest absolute Gasteiger partial charge is 0.227 e. The molecule has 0 saturated carbocycles. The lowest BCUT2D eigenvalue weighted by Crippen LogP contribution is -2.22. The zero-order chi connectivity index (χ0) is 17.9. The minimum absolute atomic E-state index is 0.555. The summed E-state index contributed by atoms with van der Waals surface area (Å²) in [5, 5.41) is 3.12. The maximum Gasteiger partial charge on any atom is 0.227 e. The van der Waals surface area contributed by atoms with Crippen LogP contribution in [0.25, 0.3) is 22.2 Å². The summed E-state index contributed by atoms with van der Waals surface area (Å²) < 4.78 is 5.68. The largest absolute Gasteiger partial charge is 0.444 e. The molecule has 3 aromatic carbocycles. The van der Waals surface area contributed by atoms with Crippen LogP contribution in [0, 0.1) is 0 Å². The van der Waals surface area contributed by atoms with Crippen LogP contribution in [0.15, 0.2) is 77.4 Å². The molecule has 130 valence electrons. The number of fused-ring (bicyclic) bond motifs is 1. The molecule has 0 fully saturated rings. The van der Waals surface area contributed by atoms with Crippen molar-refractivity contribution in [3.63, 3.8) is 0 Å². The van der Waals surface area contributed by atoms with Crippen molar-refractivity contribution in [1.82, 2.24) is 4.98 Å². The first kappa shape index (κ1) is 16.7. The van der Waals surface area contributed by atoms with Crippen LogP contribution in [0.5, 0.6) is 0 Å². The van der Waals surface area contributed by atoms with E-state index in [0.29, 0.717) is 17.5 Å². The van der Waals surface area contributed by atoms with Crippen molar-refractivity contribution in [2.45, 2.75) is 13.5 Å². The van der Waals surface area contributed by atoms with Gasteiger partial charge in [0.05, 0.1) is 22.8 Å². The van der Waals surface area contributed by atoms with Gasteiger partial charge in [-0.05, 0) is 30.5 Å². The summed E-state index contributed by atoms with van der Waals surface area (Å²) in [5.41, 5.74) is 2.90. The predicted molar refractivity (Wildman–Crippen MR) is 108 cm³/mol. The third-order valence-corrected chi connectivity index (χ3v) is 4.83. The highest BCUT2D eigenvalue weighted by Gasteiger charge is 2.14. The highest BCUT2D eigenvalue weighted by Crippen LogP contribution is 2.30. The molecule has 0 aliphatic carbocycles. The van der Waals surface area contributed by atoms with Crippen molar-refractivity contribution < 1.29 is 4.42 Å². The number of halogens is 1. The van der Waals surface area contributed by atoms with Crippen molar-refractivity contribution in [2.75, 3.05) is 11.4 Å². The van der Waals surface area contributed by atoms with Crippen molar-refractivity contribution in [1.29, 1.82) is 0 Å². The Kier molecular flexibility index (Phi) is 4.63. The van der Waals surface area contributed by atoms with Gasteiger partial charge in [-0.3, -0.25) is 0 Å². The molecule has 0 aliphatic heterocycles. The monoisotopic (exact) mass is 362 g/mol. The van der Waals surface area contributed by atoms with Gasteiger partial charge >= 0.3 is 0 Å². The highest BCUT2D eigenvalue weighted by atomic mass is 35.5. The number of rotatable bonds is 5. The second kappa shape index (κ2) is 7.22. The van der Waals surface area contributed by atoms with Gasteiger partial charge in [0.25, 0.3) is 0 Å². The van der Waals surface area contributed by atoms with Crippen LogP contribution in [0.4, 0.5) is 5.69 Å². The first-order valence-electron chi connectivity index (χ1n) is 8.68. The average molecular weight is 363 g/mol. The average Bonchev–Trinajstić information content (AvgIpc) is 3.14. The van der Waals surface area contributed by atoms with Crippen LogP contribution in [0.2, 0.25) is 5.02 Å². The molecule has 3 nitrogen and oxygen atoms in total. The van der Waals surface area contributed by atoms with Gasteiger partial charge in [0.15, 0.2) is 0 Å². The van der Waals surface area contributed by atoms with Gasteiger partial charge in [-0.2, -0.15) is 0 Å². The Balaban J connectivity index is 1.64. The summed E-state index contributed by atoms with van der Waals surface area (Å²) >= 11 is 6.25. The van der Waals surface area contributed by atoms with Gasteiger partial charge < -0.3 is 9.32 Å². The van der Waals surface area contributed by atoms with E-state index >= 15 is 0 Å². The first-order valence-corrected chi connectivity index (χ1v) is 9.06. The number of aromatic nitrogens is 1. The maximum atomic E-state index is 6.25. The number of hydrogen-bond donors (Lipinski definition) is 0. The lowest BCUT2D eigenvalue weighted by Gasteiger charge is -2.23. The first-order chi connectivity index (χ1) is 12.8. The summed E-state index contributed by atoms with van der Waals surface area (Å²) in [6.07, 6.45) is 1.71. The highest BCUT2D eigenvalue weighted by molar-refractivity contribution is 6.33. The normalized spacial score (nSPS) is 11.0. The molecule has 0 unspecified atom stereocenters. The Bertz CT molecular complexity index is 1040. The van der Waals surface area contributed by atoms with Crippen molar-refractivity contribution in [3.8, 4) is 11.5 Å². The fourth-order valence-electron chi connectivity index (χ4n) is 3.18. The second-order valence-electron chi connectivity index (χ2n) is 6.14. The van der Waals surface area contributed by atoms with Crippen LogP contribution in [-0.2, 0) is 6.54 Å². The van der Waals surface area contributed by atoms with Gasteiger partial charge in [-0.25, -0.2) is 4.98 Å². The van der Waals surface area contributed by atoms with Crippen LogP contribution in [0.3, 0.4) is 0 Å². The maximum absolute atomic E-state index is 6.25. The van der Waals surface area contributed by atoms with Crippen molar-refractivity contribution in [3.05, 3.63) is 83.7 Å². The van der Waals surface area contributed by atoms with Crippen LogP contribution in [0.1, 0.15) is 12.6 Å². The van der Waals surface area contributed by atoms with Crippen molar-refractivity contribution >= 4 is 28.1 Å². The molecule has 1 heterocycles. The van der Waals surface area contributed by atoms with E-state index in [9.17, 15) is 0 Å². The van der Waals surface area contributed by atoms with Gasteiger partial charge in [0, 0.05) is 17.6 Å². The molecule has 0 aliphatic rings. The SMILES string of the molecule is CCN(Cc1coc(-c2ccccc2Cl)n1)c1cccc2ccccc12. The van der Waals surface area contributed by atoms with E-state index in [1.807, 2.05) is 24.3 Å². The fraction of sp³-hybridized carbons (Fsp3) is 0.136. The molecular weight excluding hydrogens is 344 g/mol. The zero-order valence-electron chi connectivity index (χ0n) is 14.5. The second-order valence-corrected chi connectivity index (χ2v) is 6.54. The Morgan fingerprint density at radius 2 is 1.73 bits per heavy atom. The lowest BCUT2D eigenvalue weighted by molar-refractivity contribution is 0.572. The van der Waals surface area contributed by atoms with Crippen LogP contribution < -0.4 is 4.90 Å². The van der Waals surface area contributed by atoms with E-state index in [2.05, 4.69) is 59.3 Å². The third kappa shape index (κ3) is 3.18. The van der Waals surface area contributed by atoms with Gasteiger partial charge in [0.1, 0.15) is 6.26 Å². The van der Waals surface area contributed by atoms with E-state index in [1.54, 1.807) is 6.26 Å². The number of oxazole rings is 1. The summed E-state index contributed by atoms with van der Waals surface area (Å²) in [7, 11) is 0. The van der Waals surface area contributed by atoms with E-state index in [1.165, 1.54) is 16.5 Å². The summed E-state index contributed by atoms with van der Waals surface area (Å²) in [6, 6.07) is 22.4. The van der Waals surface area contributed by atoms with E-state index in [4.69, 9.17) is 16.0 Å². The number of hydrogen-bond acceptors (Lipinski definition) is 3. The minimum atomic E-state index is 0.555. The molecule has 0 spiro atoms. The Labute approximate surface area is 157 Å². The lowest BCUT2D eigenvalue weighted by atomic mass is 10.1. The minimum Gasteiger partial charge on any atom is -0.444 e. The van der Waals surface area contributed by atoms with Crippen LogP contribution in [-0.4, -0.2) is 11.5 Å². The molecule has 4 rings (SSSR count). The number of anilines is 1. The summed E-state index contributed by atoms with van der Waals surface area (Å²) in [4.78, 5) is 6.94. The van der Waals surface area contributed by atoms with E-state index in [0.717, 1.165) is 17.8 Å². The molecule has 0 radical (unpaired) electrons. The molecule has 4 heteroatoms. The van der Waals surface area contributed by atoms with E-state index in [-0.39, 0.29) is 0 Å². The molecular formula is C22H19ClN2O. The number of benzene rings is 3. The quantitative estimate of drug-likeness (QED) is 0.425. The van der Waals surface area contributed by atoms with Gasteiger partial charge in [-0.15, -0.1) is 0 Å². The van der Waals surface area contributed by atoms with Crippen LogP contribution >= 0.6 is 11.6 Å². The third-order valence-electron chi connectivity index (χ3n) is 4.50. The van der Waals surface area contributed by atoms with Crippen molar-refractivity contribution in [2.24, 2.45) is 0 Å². The summed E-state index contributed by atoms with van der Waals surface area (Å²) in [6.45, 7) is 3.71. The molecule has 26 heavy (non-hydrogen) atoms. The molecule has 0 bridgehead atoms. The van der Waals surface area contributed by atoms with E-state index < -0.39 is 0 Å². The molecule has 0 amide bonds. The molecule has 0 N–H and O–H groups in total. The fourth-order valence-corrected chi connectivity index (χ4v) is 3.40.